The summed E-state index contributed by atoms with van der Waals surface area (Å²) >= 11 is 0. The van der Waals surface area contributed by atoms with E-state index in [0.29, 0.717) is 23.4 Å². The number of rotatable bonds is 5. The van der Waals surface area contributed by atoms with E-state index in [2.05, 4.69) is 10.3 Å². The first-order chi connectivity index (χ1) is 14.2. The maximum atomic E-state index is 12.5. The average Bonchev–Trinajstić information content (AvgIpc) is 3.28. The van der Waals surface area contributed by atoms with Crippen LogP contribution in [-0.2, 0) is 6.54 Å². The van der Waals surface area contributed by atoms with Crippen LogP contribution in [0.1, 0.15) is 45.5 Å². The van der Waals surface area contributed by atoms with E-state index in [1.54, 1.807) is 36.8 Å². The highest BCUT2D eigenvalue weighted by Crippen LogP contribution is 2.16. The van der Waals surface area contributed by atoms with Crippen molar-refractivity contribution in [3.05, 3.63) is 83.9 Å². The Morgan fingerprint density at radius 2 is 1.59 bits per heavy atom. The van der Waals surface area contributed by atoms with E-state index in [9.17, 15) is 9.59 Å². The molecular formula is C23H24N4O2. The zero-order valence-corrected chi connectivity index (χ0v) is 16.3. The molecule has 0 atom stereocenters. The van der Waals surface area contributed by atoms with Gasteiger partial charge in [-0.2, -0.15) is 0 Å². The average molecular weight is 388 g/mol. The van der Waals surface area contributed by atoms with Crippen LogP contribution in [0.15, 0.2) is 67.3 Å². The van der Waals surface area contributed by atoms with E-state index in [0.717, 1.165) is 31.5 Å². The van der Waals surface area contributed by atoms with E-state index in [1.165, 1.54) is 6.42 Å². The topological polar surface area (TPSA) is 67.2 Å². The summed E-state index contributed by atoms with van der Waals surface area (Å²) in [6.45, 7) is 2.37. The van der Waals surface area contributed by atoms with Crippen LogP contribution >= 0.6 is 0 Å². The highest BCUT2D eigenvalue weighted by molar-refractivity contribution is 6.04. The van der Waals surface area contributed by atoms with Crippen molar-refractivity contribution in [3.8, 4) is 0 Å². The first-order valence-corrected chi connectivity index (χ1v) is 9.94. The molecule has 2 amide bonds. The van der Waals surface area contributed by atoms with Crippen LogP contribution in [0.2, 0.25) is 0 Å². The monoisotopic (exact) mass is 388 g/mol. The lowest BCUT2D eigenvalue weighted by Crippen LogP contribution is -2.35. The zero-order chi connectivity index (χ0) is 20.1. The third kappa shape index (κ3) is 4.71. The van der Waals surface area contributed by atoms with E-state index in [1.807, 2.05) is 39.9 Å². The Morgan fingerprint density at radius 1 is 0.897 bits per heavy atom. The summed E-state index contributed by atoms with van der Waals surface area (Å²) in [5.74, 6) is -0.106. The van der Waals surface area contributed by atoms with Gasteiger partial charge in [0.05, 0.1) is 6.33 Å². The fourth-order valence-corrected chi connectivity index (χ4v) is 3.53. The largest absolute Gasteiger partial charge is 0.339 e. The summed E-state index contributed by atoms with van der Waals surface area (Å²) < 4.78 is 1.97. The number of piperidine rings is 1. The standard InChI is InChI=1S/C23H24N4O2/c28-22(19-6-4-18(5-7-19)16-26-15-12-24-17-26)25-21-10-8-20(9-11-21)23(29)27-13-2-1-3-14-27/h4-12,15,17H,1-3,13-14,16H2,(H,25,28). The molecule has 0 radical (unpaired) electrons. The lowest BCUT2D eigenvalue weighted by atomic mass is 10.1. The minimum Gasteiger partial charge on any atom is -0.339 e. The van der Waals surface area contributed by atoms with Gasteiger partial charge in [0.2, 0.25) is 0 Å². The van der Waals surface area contributed by atoms with E-state index >= 15 is 0 Å². The molecule has 1 fully saturated rings. The number of hydrogen-bond donors (Lipinski definition) is 1. The maximum Gasteiger partial charge on any atom is 0.255 e. The second-order valence-corrected chi connectivity index (χ2v) is 7.32. The lowest BCUT2D eigenvalue weighted by Gasteiger charge is -2.26. The molecule has 1 N–H and O–H groups in total. The molecule has 1 aliphatic heterocycles. The third-order valence-electron chi connectivity index (χ3n) is 5.17. The number of carbonyl (C=O) groups is 2. The molecule has 4 rings (SSSR count). The van der Waals surface area contributed by atoms with Crippen molar-refractivity contribution in [3.63, 3.8) is 0 Å². The van der Waals surface area contributed by atoms with Gasteiger partial charge in [0.1, 0.15) is 0 Å². The molecule has 6 nitrogen and oxygen atoms in total. The maximum absolute atomic E-state index is 12.5. The first kappa shape index (κ1) is 18.9. The molecule has 29 heavy (non-hydrogen) atoms. The number of amides is 2. The molecule has 2 heterocycles. The molecule has 3 aromatic rings. The zero-order valence-electron chi connectivity index (χ0n) is 16.3. The van der Waals surface area contributed by atoms with Gasteiger partial charge in [0.15, 0.2) is 0 Å². The van der Waals surface area contributed by atoms with Crippen LogP contribution in [0.25, 0.3) is 0 Å². The van der Waals surface area contributed by atoms with Crippen molar-refractivity contribution in [1.82, 2.24) is 14.5 Å². The predicted molar refractivity (Wildman–Crippen MR) is 112 cm³/mol. The lowest BCUT2D eigenvalue weighted by molar-refractivity contribution is 0.0724. The Morgan fingerprint density at radius 3 is 2.24 bits per heavy atom. The second-order valence-electron chi connectivity index (χ2n) is 7.32. The van der Waals surface area contributed by atoms with Gasteiger partial charge in [0, 0.05) is 48.8 Å². The van der Waals surface area contributed by atoms with Gasteiger partial charge < -0.3 is 14.8 Å². The summed E-state index contributed by atoms with van der Waals surface area (Å²) in [4.78, 5) is 31.0. The minimum atomic E-state index is -0.172. The van der Waals surface area contributed by atoms with E-state index in [-0.39, 0.29) is 11.8 Å². The Balaban J connectivity index is 1.36. The van der Waals surface area contributed by atoms with Gasteiger partial charge in [-0.1, -0.05) is 12.1 Å². The van der Waals surface area contributed by atoms with Crippen molar-refractivity contribution in [1.29, 1.82) is 0 Å². The van der Waals surface area contributed by atoms with Crippen molar-refractivity contribution in [2.24, 2.45) is 0 Å². The van der Waals surface area contributed by atoms with Gasteiger partial charge in [-0.15, -0.1) is 0 Å². The smallest absolute Gasteiger partial charge is 0.255 e. The Hall–Kier alpha value is -3.41. The summed E-state index contributed by atoms with van der Waals surface area (Å²) in [6.07, 6.45) is 8.75. The molecular weight excluding hydrogens is 364 g/mol. The molecule has 0 saturated carbocycles. The fourth-order valence-electron chi connectivity index (χ4n) is 3.53. The summed E-state index contributed by atoms with van der Waals surface area (Å²) in [6, 6.07) is 14.6. The number of imidazole rings is 1. The Labute approximate surface area is 170 Å². The highest BCUT2D eigenvalue weighted by atomic mass is 16.2. The van der Waals surface area contributed by atoms with Crippen molar-refractivity contribution >= 4 is 17.5 Å². The number of likely N-dealkylation sites (tertiary alicyclic amines) is 1. The Kier molecular flexibility index (Phi) is 5.70. The van der Waals surface area contributed by atoms with Crippen LogP contribution in [0.4, 0.5) is 5.69 Å². The van der Waals surface area contributed by atoms with Crippen LogP contribution in [0, 0.1) is 0 Å². The fraction of sp³-hybridized carbons (Fsp3) is 0.261. The second kappa shape index (κ2) is 8.73. The number of nitrogens with one attached hydrogen (secondary N) is 1. The minimum absolute atomic E-state index is 0.0658. The van der Waals surface area contributed by atoms with Crippen molar-refractivity contribution in [2.75, 3.05) is 18.4 Å². The summed E-state index contributed by atoms with van der Waals surface area (Å²) in [5.41, 5.74) is 3.02. The van der Waals surface area contributed by atoms with Gasteiger partial charge in [-0.3, -0.25) is 9.59 Å². The van der Waals surface area contributed by atoms with Gasteiger partial charge in [-0.05, 0) is 61.2 Å². The number of anilines is 1. The van der Waals surface area contributed by atoms with Crippen LogP contribution < -0.4 is 5.32 Å². The molecule has 1 aliphatic rings. The van der Waals surface area contributed by atoms with Crippen LogP contribution in [0.3, 0.4) is 0 Å². The molecule has 2 aromatic carbocycles. The van der Waals surface area contributed by atoms with Crippen LogP contribution in [-0.4, -0.2) is 39.4 Å². The van der Waals surface area contributed by atoms with E-state index in [4.69, 9.17) is 0 Å². The van der Waals surface area contributed by atoms with Gasteiger partial charge >= 0.3 is 0 Å². The quantitative estimate of drug-likeness (QED) is 0.723. The number of benzene rings is 2. The summed E-state index contributed by atoms with van der Waals surface area (Å²) in [5, 5.41) is 2.89. The molecule has 0 bridgehead atoms. The SMILES string of the molecule is O=C(Nc1ccc(C(=O)N2CCCCC2)cc1)c1ccc(Cn2ccnc2)cc1. The number of hydrogen-bond acceptors (Lipinski definition) is 3. The predicted octanol–water partition coefficient (Wildman–Crippen LogP) is 3.81. The molecule has 1 aromatic heterocycles. The van der Waals surface area contributed by atoms with Gasteiger partial charge in [-0.25, -0.2) is 4.98 Å². The normalized spacial score (nSPS) is 13.9. The third-order valence-corrected chi connectivity index (χ3v) is 5.17. The number of carbonyl (C=O) groups excluding carboxylic acids is 2. The highest BCUT2D eigenvalue weighted by Gasteiger charge is 2.18. The molecule has 0 unspecified atom stereocenters. The molecule has 6 heteroatoms. The van der Waals surface area contributed by atoms with Gasteiger partial charge in [0.25, 0.3) is 11.8 Å². The number of nitrogens with zero attached hydrogens (tertiary/aromatic N) is 3. The van der Waals surface area contributed by atoms with Crippen molar-refractivity contribution < 1.29 is 9.59 Å². The number of aromatic nitrogens is 2. The molecule has 0 aliphatic carbocycles. The Bertz CT molecular complexity index is 957. The molecule has 148 valence electrons. The first-order valence-electron chi connectivity index (χ1n) is 9.94. The van der Waals surface area contributed by atoms with Crippen LogP contribution in [0.5, 0.6) is 0 Å². The molecule has 0 spiro atoms. The molecule has 1 saturated heterocycles. The van der Waals surface area contributed by atoms with E-state index < -0.39 is 0 Å². The van der Waals surface area contributed by atoms with Crippen molar-refractivity contribution in [2.45, 2.75) is 25.8 Å². The summed E-state index contributed by atoms with van der Waals surface area (Å²) in [7, 11) is 0.